The van der Waals surface area contributed by atoms with Crippen LogP contribution in [0.4, 0.5) is 0 Å². The first-order valence-corrected chi connectivity index (χ1v) is 8.48. The summed E-state index contributed by atoms with van der Waals surface area (Å²) in [6, 6.07) is 16.1. The number of nitrogens with one attached hydrogen (secondary N) is 1. The molecule has 7 heteroatoms. The lowest BCUT2D eigenvalue weighted by atomic mass is 10.2. The van der Waals surface area contributed by atoms with E-state index in [1.165, 1.54) is 14.2 Å². The number of benzene rings is 2. The molecule has 0 spiro atoms. The number of carbonyl (C=O) groups excluding carboxylic acids is 1. The Bertz CT molecular complexity index is 943. The molecular formula is C20H18ClN3O3. The van der Waals surface area contributed by atoms with Gasteiger partial charge in [-0.1, -0.05) is 11.6 Å². The first kappa shape index (κ1) is 18.5. The van der Waals surface area contributed by atoms with Crippen molar-refractivity contribution in [1.29, 1.82) is 0 Å². The molecule has 0 unspecified atom stereocenters. The summed E-state index contributed by atoms with van der Waals surface area (Å²) in [7, 11) is 3.05. The van der Waals surface area contributed by atoms with Crippen LogP contribution >= 0.6 is 11.6 Å². The molecule has 0 aliphatic carbocycles. The normalized spacial score (nSPS) is 10.8. The minimum atomic E-state index is -0.368. The molecule has 0 saturated carbocycles. The maximum Gasteiger partial charge on any atom is 0.271 e. The molecule has 0 aliphatic rings. The number of nitrogens with zero attached hydrogens (tertiary/aromatic N) is 2. The minimum Gasteiger partial charge on any atom is -0.497 e. The summed E-state index contributed by atoms with van der Waals surface area (Å²) in [6.07, 6.45) is 3.48. The van der Waals surface area contributed by atoms with Crippen LogP contribution in [0.25, 0.3) is 5.69 Å². The number of hydrogen-bond acceptors (Lipinski definition) is 4. The van der Waals surface area contributed by atoms with Crippen molar-refractivity contribution in [2.75, 3.05) is 14.2 Å². The van der Waals surface area contributed by atoms with E-state index in [2.05, 4.69) is 10.5 Å². The summed E-state index contributed by atoms with van der Waals surface area (Å²) in [5.41, 5.74) is 4.64. The van der Waals surface area contributed by atoms with Crippen molar-refractivity contribution in [1.82, 2.24) is 9.99 Å². The highest BCUT2D eigenvalue weighted by atomic mass is 35.5. The first-order valence-electron chi connectivity index (χ1n) is 8.10. The van der Waals surface area contributed by atoms with Gasteiger partial charge in [0.2, 0.25) is 0 Å². The van der Waals surface area contributed by atoms with Crippen LogP contribution in [0.2, 0.25) is 5.02 Å². The Morgan fingerprint density at radius 1 is 1.07 bits per heavy atom. The largest absolute Gasteiger partial charge is 0.497 e. The number of aromatic nitrogens is 1. The van der Waals surface area contributed by atoms with Gasteiger partial charge in [0.05, 0.1) is 26.1 Å². The SMILES string of the molecule is COc1cc(OC)cc(C(=O)NN=Cc2cccn2-c2ccc(Cl)cc2)c1. The third kappa shape index (κ3) is 4.48. The highest BCUT2D eigenvalue weighted by molar-refractivity contribution is 6.30. The van der Waals surface area contributed by atoms with Gasteiger partial charge < -0.3 is 14.0 Å². The van der Waals surface area contributed by atoms with E-state index in [1.54, 1.807) is 24.4 Å². The van der Waals surface area contributed by atoms with Gasteiger partial charge in [-0.15, -0.1) is 0 Å². The fourth-order valence-corrected chi connectivity index (χ4v) is 2.62. The molecule has 0 aliphatic heterocycles. The second-order valence-electron chi connectivity index (χ2n) is 5.58. The Labute approximate surface area is 162 Å². The van der Waals surface area contributed by atoms with E-state index in [0.717, 1.165) is 11.4 Å². The number of methoxy groups -OCH3 is 2. The summed E-state index contributed by atoms with van der Waals surface area (Å²) < 4.78 is 12.3. The van der Waals surface area contributed by atoms with Crippen LogP contribution in [0, 0.1) is 0 Å². The monoisotopic (exact) mass is 383 g/mol. The predicted molar refractivity (Wildman–Crippen MR) is 105 cm³/mol. The number of hydrogen-bond donors (Lipinski definition) is 1. The number of rotatable bonds is 6. The summed E-state index contributed by atoms with van der Waals surface area (Å²) >= 11 is 5.93. The summed E-state index contributed by atoms with van der Waals surface area (Å²) in [6.45, 7) is 0. The quantitative estimate of drug-likeness (QED) is 0.518. The third-order valence-electron chi connectivity index (χ3n) is 3.86. The van der Waals surface area contributed by atoms with Gasteiger partial charge in [-0.05, 0) is 48.5 Å². The molecule has 0 fully saturated rings. The Balaban J connectivity index is 1.74. The fraction of sp³-hybridized carbons (Fsp3) is 0.100. The highest BCUT2D eigenvalue weighted by Crippen LogP contribution is 2.22. The molecule has 1 aromatic heterocycles. The molecule has 0 bridgehead atoms. The molecule has 6 nitrogen and oxygen atoms in total. The standard InChI is InChI=1S/C20H18ClN3O3/c1-26-18-10-14(11-19(12-18)27-2)20(25)23-22-13-17-4-3-9-24(17)16-7-5-15(21)6-8-16/h3-13H,1-2H3,(H,23,25). The van der Waals surface area contributed by atoms with Crippen LogP contribution in [0.1, 0.15) is 16.1 Å². The lowest BCUT2D eigenvalue weighted by Gasteiger charge is -2.08. The minimum absolute atomic E-state index is 0.368. The van der Waals surface area contributed by atoms with E-state index in [-0.39, 0.29) is 5.91 Å². The second-order valence-corrected chi connectivity index (χ2v) is 6.02. The third-order valence-corrected chi connectivity index (χ3v) is 4.11. The Kier molecular flexibility index (Phi) is 5.78. The number of carbonyl (C=O) groups is 1. The van der Waals surface area contributed by atoms with Gasteiger partial charge >= 0.3 is 0 Å². The van der Waals surface area contributed by atoms with Crippen molar-refractivity contribution in [2.24, 2.45) is 5.10 Å². The van der Waals surface area contributed by atoms with E-state index >= 15 is 0 Å². The summed E-state index contributed by atoms with van der Waals surface area (Å²) in [5, 5.41) is 4.72. The van der Waals surface area contributed by atoms with Gasteiger partial charge in [0.1, 0.15) is 11.5 Å². The smallest absolute Gasteiger partial charge is 0.271 e. The van der Waals surface area contributed by atoms with Crippen LogP contribution in [0.5, 0.6) is 11.5 Å². The van der Waals surface area contributed by atoms with E-state index < -0.39 is 0 Å². The summed E-state index contributed by atoms with van der Waals surface area (Å²) in [4.78, 5) is 12.3. The van der Waals surface area contributed by atoms with Gasteiger partial charge in [-0.2, -0.15) is 5.10 Å². The molecule has 0 radical (unpaired) electrons. The van der Waals surface area contributed by atoms with Gasteiger partial charge in [-0.25, -0.2) is 5.43 Å². The maximum absolute atomic E-state index is 12.3. The van der Waals surface area contributed by atoms with E-state index in [4.69, 9.17) is 21.1 Å². The van der Waals surface area contributed by atoms with E-state index in [1.807, 2.05) is 47.2 Å². The number of ether oxygens (including phenoxy) is 2. The molecule has 1 amide bonds. The average molecular weight is 384 g/mol. The van der Waals surface area contributed by atoms with Crippen molar-refractivity contribution in [3.05, 3.63) is 77.1 Å². The lowest BCUT2D eigenvalue weighted by Crippen LogP contribution is -2.18. The fourth-order valence-electron chi connectivity index (χ4n) is 2.50. The molecule has 0 saturated heterocycles. The van der Waals surface area contributed by atoms with Crippen molar-refractivity contribution in [3.63, 3.8) is 0 Å². The van der Waals surface area contributed by atoms with Crippen molar-refractivity contribution < 1.29 is 14.3 Å². The molecule has 2 aromatic carbocycles. The number of amides is 1. The highest BCUT2D eigenvalue weighted by Gasteiger charge is 2.09. The molecule has 1 heterocycles. The second kappa shape index (κ2) is 8.42. The van der Waals surface area contributed by atoms with E-state index in [9.17, 15) is 4.79 Å². The Morgan fingerprint density at radius 2 is 1.74 bits per heavy atom. The zero-order valence-electron chi connectivity index (χ0n) is 14.8. The Hall–Kier alpha value is -3.25. The predicted octanol–water partition coefficient (Wildman–Crippen LogP) is 3.91. The zero-order chi connectivity index (χ0) is 19.2. The van der Waals surface area contributed by atoms with Crippen molar-refractivity contribution in [2.45, 2.75) is 0 Å². The van der Waals surface area contributed by atoms with Crippen LogP contribution in [-0.2, 0) is 0 Å². The van der Waals surface area contributed by atoms with Gasteiger partial charge in [0.25, 0.3) is 5.91 Å². The molecule has 27 heavy (non-hydrogen) atoms. The number of halogens is 1. The summed E-state index contributed by atoms with van der Waals surface area (Å²) in [5.74, 6) is 0.688. The molecule has 138 valence electrons. The van der Waals surface area contributed by atoms with Crippen LogP contribution in [-0.4, -0.2) is 30.9 Å². The van der Waals surface area contributed by atoms with Crippen molar-refractivity contribution in [3.8, 4) is 17.2 Å². The number of hydrazone groups is 1. The molecule has 3 aromatic rings. The first-order chi connectivity index (χ1) is 13.1. The van der Waals surface area contributed by atoms with Crippen LogP contribution < -0.4 is 14.9 Å². The topological polar surface area (TPSA) is 64.8 Å². The Morgan fingerprint density at radius 3 is 2.37 bits per heavy atom. The zero-order valence-corrected chi connectivity index (χ0v) is 15.6. The molecule has 3 rings (SSSR count). The maximum atomic E-state index is 12.3. The van der Waals surface area contributed by atoms with Gasteiger partial charge in [0, 0.05) is 28.5 Å². The van der Waals surface area contributed by atoms with Crippen LogP contribution in [0.3, 0.4) is 0 Å². The molecular weight excluding hydrogens is 366 g/mol. The van der Waals surface area contributed by atoms with Gasteiger partial charge in [-0.3, -0.25) is 4.79 Å². The average Bonchev–Trinajstić information content (AvgIpc) is 3.16. The van der Waals surface area contributed by atoms with Crippen molar-refractivity contribution >= 4 is 23.7 Å². The van der Waals surface area contributed by atoms with Crippen LogP contribution in [0.15, 0.2) is 65.9 Å². The van der Waals surface area contributed by atoms with Gasteiger partial charge in [0.15, 0.2) is 0 Å². The molecule has 1 N–H and O–H groups in total. The van der Waals surface area contributed by atoms with E-state index in [0.29, 0.717) is 22.1 Å². The molecule has 0 atom stereocenters. The lowest BCUT2D eigenvalue weighted by molar-refractivity contribution is 0.0954.